The predicted octanol–water partition coefficient (Wildman–Crippen LogP) is 6.16. The highest BCUT2D eigenvalue weighted by Gasteiger charge is 2.20. The molecule has 0 spiro atoms. The van der Waals surface area contributed by atoms with Gasteiger partial charge < -0.3 is 4.74 Å². The van der Waals surface area contributed by atoms with Crippen LogP contribution in [0.1, 0.15) is 18.9 Å². The summed E-state index contributed by atoms with van der Waals surface area (Å²) >= 11 is 5.66. The highest BCUT2D eigenvalue weighted by molar-refractivity contribution is 6.31. The van der Waals surface area contributed by atoms with Crippen LogP contribution in [0.2, 0.25) is 5.02 Å². The van der Waals surface area contributed by atoms with Gasteiger partial charge in [0.2, 0.25) is 0 Å². The molecule has 7 heteroatoms. The fourth-order valence-corrected chi connectivity index (χ4v) is 2.83. The molecule has 0 saturated heterocycles. The smallest absolute Gasteiger partial charge is 0.387 e. The van der Waals surface area contributed by atoms with E-state index in [9.17, 15) is 13.2 Å². The minimum Gasteiger partial charge on any atom is -0.431 e. The minimum atomic E-state index is -3.20. The molecule has 0 atom stereocenters. The lowest BCUT2D eigenvalue weighted by atomic mass is 10.0. The molecule has 1 heterocycles. The molecule has 0 aliphatic rings. The molecule has 0 aliphatic carbocycles. The van der Waals surface area contributed by atoms with Crippen molar-refractivity contribution in [2.45, 2.75) is 26.4 Å². The SMILES string of the molecule is CCCc1ccc(-c2cnc(-c3ccc(Cl)c(F)c3OC(F)F)nc2)cc1. The average molecular weight is 393 g/mol. The Balaban J connectivity index is 1.92. The molecule has 27 heavy (non-hydrogen) atoms. The number of aromatic nitrogens is 2. The van der Waals surface area contributed by atoms with E-state index in [1.807, 2.05) is 24.3 Å². The van der Waals surface area contributed by atoms with Gasteiger partial charge in [-0.2, -0.15) is 8.78 Å². The van der Waals surface area contributed by atoms with E-state index in [4.69, 9.17) is 11.6 Å². The van der Waals surface area contributed by atoms with E-state index in [2.05, 4.69) is 21.6 Å². The van der Waals surface area contributed by atoms with Gasteiger partial charge in [-0.25, -0.2) is 14.4 Å². The summed E-state index contributed by atoms with van der Waals surface area (Å²) in [5.41, 5.74) is 2.92. The van der Waals surface area contributed by atoms with Crippen molar-refractivity contribution in [3.05, 3.63) is 65.2 Å². The number of benzene rings is 2. The lowest BCUT2D eigenvalue weighted by molar-refractivity contribution is -0.0517. The van der Waals surface area contributed by atoms with Crippen LogP contribution in [0.25, 0.3) is 22.5 Å². The number of alkyl halides is 2. The highest BCUT2D eigenvalue weighted by Crippen LogP contribution is 2.35. The molecule has 3 rings (SSSR count). The van der Waals surface area contributed by atoms with Gasteiger partial charge in [0.05, 0.1) is 10.6 Å². The first-order valence-corrected chi connectivity index (χ1v) is 8.72. The van der Waals surface area contributed by atoms with Crippen LogP contribution >= 0.6 is 11.6 Å². The maximum absolute atomic E-state index is 14.1. The van der Waals surface area contributed by atoms with E-state index < -0.39 is 18.2 Å². The normalized spacial score (nSPS) is 11.0. The number of nitrogens with zero attached hydrogens (tertiary/aromatic N) is 2. The monoisotopic (exact) mass is 392 g/mol. The molecule has 0 bridgehead atoms. The molecule has 0 radical (unpaired) electrons. The predicted molar refractivity (Wildman–Crippen MR) is 98.5 cm³/mol. The second-order valence-electron chi connectivity index (χ2n) is 5.86. The Kier molecular flexibility index (Phi) is 5.96. The molecule has 0 aliphatic heterocycles. The Morgan fingerprint density at radius 3 is 2.26 bits per heavy atom. The van der Waals surface area contributed by atoms with Crippen LogP contribution in [0, 0.1) is 5.82 Å². The number of halogens is 4. The van der Waals surface area contributed by atoms with Crippen molar-refractivity contribution in [3.8, 4) is 28.3 Å². The first kappa shape index (κ1) is 19.2. The molecule has 140 valence electrons. The summed E-state index contributed by atoms with van der Waals surface area (Å²) in [6, 6.07) is 10.6. The van der Waals surface area contributed by atoms with Gasteiger partial charge in [-0.1, -0.05) is 49.2 Å². The molecular formula is C20H16ClF3N2O. The summed E-state index contributed by atoms with van der Waals surface area (Å²) in [7, 11) is 0. The van der Waals surface area contributed by atoms with Gasteiger partial charge in [0.25, 0.3) is 0 Å². The summed E-state index contributed by atoms with van der Waals surface area (Å²) in [5, 5.41) is -0.321. The van der Waals surface area contributed by atoms with Gasteiger partial charge in [-0.15, -0.1) is 0 Å². The number of rotatable bonds is 6. The van der Waals surface area contributed by atoms with Crippen LogP contribution in [0.4, 0.5) is 13.2 Å². The second kappa shape index (κ2) is 8.39. The van der Waals surface area contributed by atoms with Gasteiger partial charge in [0.1, 0.15) is 0 Å². The zero-order valence-corrected chi connectivity index (χ0v) is 15.2. The van der Waals surface area contributed by atoms with Crippen molar-refractivity contribution < 1.29 is 17.9 Å². The molecule has 0 N–H and O–H groups in total. The van der Waals surface area contributed by atoms with Crippen molar-refractivity contribution in [2.75, 3.05) is 0 Å². The molecule has 0 saturated carbocycles. The first-order valence-electron chi connectivity index (χ1n) is 8.34. The van der Waals surface area contributed by atoms with Gasteiger partial charge in [0, 0.05) is 18.0 Å². The molecule has 0 unspecified atom stereocenters. The van der Waals surface area contributed by atoms with Crippen molar-refractivity contribution >= 4 is 11.6 Å². The third-order valence-corrected chi connectivity index (χ3v) is 4.27. The fourth-order valence-electron chi connectivity index (χ4n) is 2.68. The number of ether oxygens (including phenoxy) is 1. The van der Waals surface area contributed by atoms with Gasteiger partial charge in [-0.3, -0.25) is 0 Å². The maximum Gasteiger partial charge on any atom is 0.387 e. The lowest BCUT2D eigenvalue weighted by Gasteiger charge is -2.12. The summed E-state index contributed by atoms with van der Waals surface area (Å²) in [5.74, 6) is -1.68. The van der Waals surface area contributed by atoms with Crippen LogP contribution in [-0.2, 0) is 6.42 Å². The van der Waals surface area contributed by atoms with Crippen molar-refractivity contribution in [1.29, 1.82) is 0 Å². The lowest BCUT2D eigenvalue weighted by Crippen LogP contribution is -2.06. The summed E-state index contributed by atoms with van der Waals surface area (Å²) < 4.78 is 43.7. The van der Waals surface area contributed by atoms with E-state index in [0.717, 1.165) is 24.0 Å². The van der Waals surface area contributed by atoms with E-state index in [-0.39, 0.29) is 16.4 Å². The van der Waals surface area contributed by atoms with E-state index in [1.54, 1.807) is 12.4 Å². The minimum absolute atomic E-state index is 0.00189. The second-order valence-corrected chi connectivity index (χ2v) is 6.27. The molecule has 3 nitrogen and oxygen atoms in total. The average Bonchev–Trinajstić information content (AvgIpc) is 2.67. The Morgan fingerprint density at radius 2 is 1.67 bits per heavy atom. The zero-order chi connectivity index (χ0) is 19.4. The maximum atomic E-state index is 14.1. The number of hydrogen-bond donors (Lipinski definition) is 0. The van der Waals surface area contributed by atoms with Crippen LogP contribution in [-0.4, -0.2) is 16.6 Å². The Bertz CT molecular complexity index is 916. The molecule has 3 aromatic rings. The third kappa shape index (κ3) is 4.39. The standard InChI is InChI=1S/C20H16ClF3N2O/c1-2-3-12-4-6-13(7-5-12)14-10-25-19(26-11-14)15-8-9-16(21)17(22)18(15)27-20(23)24/h4-11,20H,2-3H2,1H3. The fraction of sp³-hybridized carbons (Fsp3) is 0.200. The van der Waals surface area contributed by atoms with Crippen LogP contribution < -0.4 is 4.74 Å². The zero-order valence-electron chi connectivity index (χ0n) is 14.4. The van der Waals surface area contributed by atoms with Crippen molar-refractivity contribution in [1.82, 2.24) is 9.97 Å². The molecule has 0 amide bonds. The van der Waals surface area contributed by atoms with Crippen LogP contribution in [0.3, 0.4) is 0 Å². The van der Waals surface area contributed by atoms with E-state index in [0.29, 0.717) is 0 Å². The Morgan fingerprint density at radius 1 is 1.00 bits per heavy atom. The van der Waals surface area contributed by atoms with Crippen LogP contribution in [0.5, 0.6) is 5.75 Å². The molecule has 0 fully saturated rings. The van der Waals surface area contributed by atoms with E-state index >= 15 is 0 Å². The summed E-state index contributed by atoms with van der Waals surface area (Å²) in [4.78, 5) is 8.35. The van der Waals surface area contributed by atoms with Crippen LogP contribution in [0.15, 0.2) is 48.8 Å². The van der Waals surface area contributed by atoms with Gasteiger partial charge in [-0.05, 0) is 29.7 Å². The van der Waals surface area contributed by atoms with Gasteiger partial charge in [0.15, 0.2) is 17.4 Å². The van der Waals surface area contributed by atoms with Gasteiger partial charge >= 0.3 is 6.61 Å². The summed E-state index contributed by atoms with van der Waals surface area (Å²) in [6.07, 6.45) is 5.17. The molecule has 1 aromatic heterocycles. The summed E-state index contributed by atoms with van der Waals surface area (Å²) in [6.45, 7) is -1.08. The molecular weight excluding hydrogens is 377 g/mol. The quantitative estimate of drug-likeness (QED) is 0.504. The topological polar surface area (TPSA) is 35.0 Å². The van der Waals surface area contributed by atoms with E-state index in [1.165, 1.54) is 17.7 Å². The molecule has 2 aromatic carbocycles. The Hall–Kier alpha value is -2.60. The number of aryl methyl sites for hydroxylation is 1. The Labute approximate surface area is 159 Å². The number of hydrogen-bond acceptors (Lipinski definition) is 3. The van der Waals surface area contributed by atoms with Crippen molar-refractivity contribution in [3.63, 3.8) is 0 Å². The third-order valence-electron chi connectivity index (χ3n) is 3.98. The van der Waals surface area contributed by atoms with Crippen molar-refractivity contribution in [2.24, 2.45) is 0 Å². The largest absolute Gasteiger partial charge is 0.431 e. The highest BCUT2D eigenvalue weighted by atomic mass is 35.5. The first-order chi connectivity index (χ1) is 13.0.